The Hall–Kier alpha value is -4.46. The van der Waals surface area contributed by atoms with Crippen molar-refractivity contribution in [2.24, 2.45) is 5.73 Å². The third kappa shape index (κ3) is 4.45. The molecular formula is C25H22F3N3O5. The number of carbonyl (C=O) groups is 2. The average molecular weight is 501 g/mol. The summed E-state index contributed by atoms with van der Waals surface area (Å²) in [6.45, 7) is 1.38. The number of nitrogens with two attached hydrogens (primary N) is 1. The van der Waals surface area contributed by atoms with Crippen LogP contribution in [0, 0.1) is 18.3 Å². The van der Waals surface area contributed by atoms with Gasteiger partial charge in [-0.2, -0.15) is 18.4 Å². The van der Waals surface area contributed by atoms with Gasteiger partial charge in [0.1, 0.15) is 17.3 Å². The maximum Gasteiger partial charge on any atom is 0.420 e. The summed E-state index contributed by atoms with van der Waals surface area (Å²) in [6, 6.07) is 12.2. The van der Waals surface area contributed by atoms with Gasteiger partial charge in [0.15, 0.2) is 0 Å². The van der Waals surface area contributed by atoms with Crippen molar-refractivity contribution in [2.75, 3.05) is 26.2 Å². The summed E-state index contributed by atoms with van der Waals surface area (Å²) >= 11 is 0. The minimum absolute atomic E-state index is 0.0719. The second kappa shape index (κ2) is 10.0. The number of carbonyl (C=O) groups excluding carboxylic acids is 2. The van der Waals surface area contributed by atoms with Crippen LogP contribution in [0.15, 0.2) is 65.1 Å². The Morgan fingerprint density at radius 2 is 1.67 bits per heavy atom. The van der Waals surface area contributed by atoms with Crippen molar-refractivity contribution in [3.63, 3.8) is 0 Å². The van der Waals surface area contributed by atoms with E-state index in [0.29, 0.717) is 11.6 Å². The van der Waals surface area contributed by atoms with Crippen LogP contribution in [0.25, 0.3) is 0 Å². The molecule has 11 heteroatoms. The predicted molar refractivity (Wildman–Crippen MR) is 122 cm³/mol. The highest BCUT2D eigenvalue weighted by atomic mass is 19.4. The van der Waals surface area contributed by atoms with Gasteiger partial charge in [-0.05, 0) is 30.2 Å². The maximum absolute atomic E-state index is 13.9. The molecule has 0 aliphatic carbocycles. The van der Waals surface area contributed by atoms with Crippen LogP contribution in [0.2, 0.25) is 0 Å². The number of hydrogen-bond donors (Lipinski definition) is 1. The van der Waals surface area contributed by atoms with Gasteiger partial charge in [0.2, 0.25) is 0 Å². The standard InChI is InChI=1S/C25H22F3N3O5/c1-13-10-15(11-17(21(13)34-2)25(26,27)28)31-20(24(33)36-4)19(23(32)35-3)18(16(12-29)22(31)30)14-8-6-5-7-9-14/h5-11,18H,30H2,1-4H3. The Morgan fingerprint density at radius 1 is 1.06 bits per heavy atom. The summed E-state index contributed by atoms with van der Waals surface area (Å²) in [7, 11) is 3.21. The smallest absolute Gasteiger partial charge is 0.420 e. The van der Waals surface area contributed by atoms with Crippen molar-refractivity contribution < 1.29 is 37.0 Å². The summed E-state index contributed by atoms with van der Waals surface area (Å²) in [6.07, 6.45) is -4.83. The fourth-order valence-electron chi connectivity index (χ4n) is 4.15. The first-order valence-electron chi connectivity index (χ1n) is 10.4. The van der Waals surface area contributed by atoms with E-state index in [4.69, 9.17) is 19.9 Å². The molecule has 2 aromatic carbocycles. The lowest BCUT2D eigenvalue weighted by atomic mass is 9.81. The van der Waals surface area contributed by atoms with E-state index in [0.717, 1.165) is 26.2 Å². The van der Waals surface area contributed by atoms with E-state index in [1.807, 2.05) is 6.07 Å². The molecule has 1 heterocycles. The molecule has 0 fully saturated rings. The molecule has 36 heavy (non-hydrogen) atoms. The molecule has 1 aliphatic heterocycles. The molecular weight excluding hydrogens is 479 g/mol. The Morgan fingerprint density at radius 3 is 2.17 bits per heavy atom. The van der Waals surface area contributed by atoms with Crippen molar-refractivity contribution in [3.8, 4) is 11.8 Å². The van der Waals surface area contributed by atoms with Crippen LogP contribution in [-0.4, -0.2) is 33.3 Å². The molecule has 1 aliphatic rings. The van der Waals surface area contributed by atoms with Crippen molar-refractivity contribution >= 4 is 17.6 Å². The van der Waals surface area contributed by atoms with Gasteiger partial charge in [0, 0.05) is 5.69 Å². The van der Waals surface area contributed by atoms with Gasteiger partial charge in [0.25, 0.3) is 0 Å². The number of benzene rings is 2. The average Bonchev–Trinajstić information content (AvgIpc) is 2.86. The molecule has 8 nitrogen and oxygen atoms in total. The third-order valence-electron chi connectivity index (χ3n) is 5.64. The minimum atomic E-state index is -4.83. The van der Waals surface area contributed by atoms with Gasteiger partial charge < -0.3 is 19.9 Å². The van der Waals surface area contributed by atoms with Crippen LogP contribution in [0.5, 0.6) is 5.75 Å². The number of rotatable bonds is 5. The van der Waals surface area contributed by atoms with Gasteiger partial charge in [-0.1, -0.05) is 30.3 Å². The predicted octanol–water partition coefficient (Wildman–Crippen LogP) is 3.92. The highest BCUT2D eigenvalue weighted by molar-refractivity contribution is 6.06. The fraction of sp³-hybridized carbons (Fsp3) is 0.240. The number of halogens is 3. The van der Waals surface area contributed by atoms with Crippen LogP contribution < -0.4 is 15.4 Å². The maximum atomic E-state index is 13.9. The van der Waals surface area contributed by atoms with Crippen LogP contribution in [0.1, 0.15) is 22.6 Å². The van der Waals surface area contributed by atoms with E-state index in [-0.39, 0.29) is 28.2 Å². The molecule has 2 aromatic rings. The van der Waals surface area contributed by atoms with Crippen molar-refractivity contribution in [3.05, 3.63) is 81.8 Å². The molecule has 3 rings (SSSR count). The first kappa shape index (κ1) is 26.2. The van der Waals surface area contributed by atoms with Gasteiger partial charge in [-0.25, -0.2) is 9.59 Å². The first-order chi connectivity index (χ1) is 17.0. The lowest BCUT2D eigenvalue weighted by Crippen LogP contribution is -2.41. The molecule has 188 valence electrons. The van der Waals surface area contributed by atoms with Crippen LogP contribution in [-0.2, 0) is 25.2 Å². The monoisotopic (exact) mass is 501 g/mol. The van der Waals surface area contributed by atoms with E-state index < -0.39 is 41.0 Å². The van der Waals surface area contributed by atoms with Crippen LogP contribution in [0.3, 0.4) is 0 Å². The first-order valence-corrected chi connectivity index (χ1v) is 10.4. The molecule has 0 spiro atoms. The normalized spacial score (nSPS) is 15.9. The second-order valence-electron chi connectivity index (χ2n) is 7.68. The number of esters is 2. The number of alkyl halides is 3. The molecule has 0 aromatic heterocycles. The highest BCUT2D eigenvalue weighted by Gasteiger charge is 2.44. The zero-order chi connectivity index (χ0) is 26.8. The molecule has 0 saturated heterocycles. The Kier molecular flexibility index (Phi) is 7.29. The van der Waals surface area contributed by atoms with Crippen molar-refractivity contribution in [2.45, 2.75) is 19.0 Å². The van der Waals surface area contributed by atoms with E-state index in [1.54, 1.807) is 30.3 Å². The van der Waals surface area contributed by atoms with Crippen molar-refractivity contribution in [1.82, 2.24) is 0 Å². The zero-order valence-electron chi connectivity index (χ0n) is 19.8. The number of allylic oxidation sites excluding steroid dienone is 1. The molecule has 2 N–H and O–H groups in total. The number of anilines is 1. The van der Waals surface area contributed by atoms with Gasteiger partial charge in [-0.3, -0.25) is 4.90 Å². The van der Waals surface area contributed by atoms with Crippen LogP contribution in [0.4, 0.5) is 18.9 Å². The Labute approximate surface area is 205 Å². The van der Waals surface area contributed by atoms with Gasteiger partial charge >= 0.3 is 18.1 Å². The molecule has 0 radical (unpaired) electrons. The quantitative estimate of drug-likeness (QED) is 0.613. The molecule has 0 bridgehead atoms. The largest absolute Gasteiger partial charge is 0.496 e. The summed E-state index contributed by atoms with van der Waals surface area (Å²) < 4.78 is 56.4. The molecule has 1 unspecified atom stereocenters. The summed E-state index contributed by atoms with van der Waals surface area (Å²) in [5, 5.41) is 10.0. The Balaban J connectivity index is 2.47. The zero-order valence-corrected chi connectivity index (χ0v) is 19.8. The number of nitriles is 1. The second-order valence-corrected chi connectivity index (χ2v) is 7.68. The highest BCUT2D eigenvalue weighted by Crippen LogP contribution is 2.46. The molecule has 1 atom stereocenters. The van der Waals surface area contributed by atoms with E-state index in [2.05, 4.69) is 0 Å². The van der Waals surface area contributed by atoms with Crippen molar-refractivity contribution in [1.29, 1.82) is 5.26 Å². The molecule has 0 amide bonds. The van der Waals surface area contributed by atoms with E-state index in [9.17, 15) is 28.0 Å². The van der Waals surface area contributed by atoms with E-state index >= 15 is 0 Å². The summed E-state index contributed by atoms with van der Waals surface area (Å²) in [4.78, 5) is 27.0. The topological polar surface area (TPSA) is 115 Å². The van der Waals surface area contributed by atoms with Gasteiger partial charge in [-0.15, -0.1) is 0 Å². The van der Waals surface area contributed by atoms with E-state index in [1.165, 1.54) is 13.0 Å². The molecule has 0 saturated carbocycles. The Bertz CT molecular complexity index is 1310. The minimum Gasteiger partial charge on any atom is -0.496 e. The third-order valence-corrected chi connectivity index (χ3v) is 5.64. The number of hydrogen-bond acceptors (Lipinski definition) is 8. The van der Waals surface area contributed by atoms with Gasteiger partial charge in [0.05, 0.1) is 50.0 Å². The fourth-order valence-corrected chi connectivity index (χ4v) is 4.15. The SMILES string of the molecule is COC(=O)C1=C(C(=O)OC)N(c2cc(C)c(OC)c(C(F)(F)F)c2)C(N)=C(C#N)C1c1ccccc1. The van der Waals surface area contributed by atoms with Crippen LogP contribution >= 0.6 is 0 Å². The summed E-state index contributed by atoms with van der Waals surface area (Å²) in [5.41, 5.74) is 4.50. The number of ether oxygens (including phenoxy) is 3. The number of aryl methyl sites for hydroxylation is 1. The number of methoxy groups -OCH3 is 3. The lowest BCUT2D eigenvalue weighted by Gasteiger charge is -2.36. The number of nitrogens with zero attached hydrogens (tertiary/aromatic N) is 2. The lowest BCUT2D eigenvalue weighted by molar-refractivity contribution is -0.139. The summed E-state index contributed by atoms with van der Waals surface area (Å²) in [5.74, 6) is -3.98.